The molecular weight excluding hydrogens is 330 g/mol. The van der Waals surface area contributed by atoms with Gasteiger partial charge in [0.15, 0.2) is 0 Å². The molecule has 1 aromatic heterocycles. The number of hydrogen-bond acceptors (Lipinski definition) is 3. The summed E-state index contributed by atoms with van der Waals surface area (Å²) in [6, 6.07) is 0.614. The van der Waals surface area contributed by atoms with E-state index in [0.717, 1.165) is 36.2 Å². The standard InChI is InChI=1S/C16H28BrN3O/c1-3-14-16(17)15(20(4-2)18-14)12-19(10-11-21)13-8-6-5-7-9-13/h13,21H,3-12H2,1-2H3. The van der Waals surface area contributed by atoms with Crippen LogP contribution in [0, 0.1) is 0 Å². The maximum atomic E-state index is 9.42. The van der Waals surface area contributed by atoms with Gasteiger partial charge in [-0.2, -0.15) is 5.10 Å². The van der Waals surface area contributed by atoms with Gasteiger partial charge in [-0.05, 0) is 42.1 Å². The highest BCUT2D eigenvalue weighted by Gasteiger charge is 2.24. The quantitative estimate of drug-likeness (QED) is 0.813. The van der Waals surface area contributed by atoms with Gasteiger partial charge < -0.3 is 5.11 Å². The molecule has 1 saturated carbocycles. The van der Waals surface area contributed by atoms with Crippen LogP contribution in [0.25, 0.3) is 0 Å². The van der Waals surface area contributed by atoms with E-state index in [1.165, 1.54) is 37.8 Å². The van der Waals surface area contributed by atoms with Crippen LogP contribution in [0.3, 0.4) is 0 Å². The van der Waals surface area contributed by atoms with Crippen LogP contribution >= 0.6 is 15.9 Å². The molecule has 1 aliphatic carbocycles. The van der Waals surface area contributed by atoms with Gasteiger partial charge >= 0.3 is 0 Å². The molecular formula is C16H28BrN3O. The van der Waals surface area contributed by atoms with Crippen molar-refractivity contribution in [1.29, 1.82) is 0 Å². The molecule has 1 heterocycles. The number of aromatic nitrogens is 2. The number of aryl methyl sites for hydroxylation is 2. The third-order valence-electron chi connectivity index (χ3n) is 4.53. The molecule has 120 valence electrons. The van der Waals surface area contributed by atoms with E-state index in [1.807, 2.05) is 0 Å². The van der Waals surface area contributed by atoms with Crippen molar-refractivity contribution in [2.24, 2.45) is 0 Å². The summed E-state index contributed by atoms with van der Waals surface area (Å²) in [4.78, 5) is 2.45. The molecule has 2 rings (SSSR count). The minimum Gasteiger partial charge on any atom is -0.395 e. The molecule has 0 amide bonds. The first-order chi connectivity index (χ1) is 10.2. The second kappa shape index (κ2) is 8.30. The number of aliphatic hydroxyl groups is 1. The lowest BCUT2D eigenvalue weighted by Gasteiger charge is -2.34. The third-order valence-corrected chi connectivity index (χ3v) is 5.44. The van der Waals surface area contributed by atoms with Crippen molar-refractivity contribution in [3.63, 3.8) is 0 Å². The zero-order chi connectivity index (χ0) is 15.2. The third kappa shape index (κ3) is 4.08. The Morgan fingerprint density at radius 1 is 1.29 bits per heavy atom. The predicted molar refractivity (Wildman–Crippen MR) is 89.3 cm³/mol. The Balaban J connectivity index is 2.17. The summed E-state index contributed by atoms with van der Waals surface area (Å²) in [5.74, 6) is 0. The highest BCUT2D eigenvalue weighted by Crippen LogP contribution is 2.28. The number of rotatable bonds is 7. The first-order valence-corrected chi connectivity index (χ1v) is 9.09. The topological polar surface area (TPSA) is 41.3 Å². The zero-order valence-electron chi connectivity index (χ0n) is 13.3. The fraction of sp³-hybridized carbons (Fsp3) is 0.812. The van der Waals surface area contributed by atoms with Crippen molar-refractivity contribution in [3.05, 3.63) is 15.9 Å². The van der Waals surface area contributed by atoms with E-state index in [9.17, 15) is 5.11 Å². The molecule has 0 radical (unpaired) electrons. The number of halogens is 1. The van der Waals surface area contributed by atoms with Crippen molar-refractivity contribution in [2.75, 3.05) is 13.2 Å². The van der Waals surface area contributed by atoms with Crippen LogP contribution in [0.4, 0.5) is 0 Å². The highest BCUT2D eigenvalue weighted by molar-refractivity contribution is 9.10. The van der Waals surface area contributed by atoms with Gasteiger partial charge in [-0.25, -0.2) is 0 Å². The normalized spacial score (nSPS) is 16.8. The first-order valence-electron chi connectivity index (χ1n) is 8.30. The second-order valence-electron chi connectivity index (χ2n) is 5.86. The smallest absolute Gasteiger partial charge is 0.0767 e. The van der Waals surface area contributed by atoms with Gasteiger partial charge in [-0.3, -0.25) is 9.58 Å². The monoisotopic (exact) mass is 357 g/mol. The molecule has 0 aliphatic heterocycles. The number of hydrogen-bond donors (Lipinski definition) is 1. The molecule has 5 heteroatoms. The van der Waals surface area contributed by atoms with Crippen LogP contribution in [0.15, 0.2) is 4.47 Å². The number of aliphatic hydroxyl groups excluding tert-OH is 1. The Kier molecular flexibility index (Phi) is 6.71. The molecule has 0 atom stereocenters. The Bertz CT molecular complexity index is 441. The molecule has 0 spiro atoms. The van der Waals surface area contributed by atoms with Crippen LogP contribution in [-0.2, 0) is 19.5 Å². The average molecular weight is 358 g/mol. The zero-order valence-corrected chi connectivity index (χ0v) is 14.9. The van der Waals surface area contributed by atoms with E-state index in [0.29, 0.717) is 6.04 Å². The van der Waals surface area contributed by atoms with Crippen molar-refractivity contribution >= 4 is 15.9 Å². The Morgan fingerprint density at radius 2 is 2.00 bits per heavy atom. The highest BCUT2D eigenvalue weighted by atomic mass is 79.9. The van der Waals surface area contributed by atoms with Crippen LogP contribution in [-0.4, -0.2) is 39.0 Å². The minimum absolute atomic E-state index is 0.231. The van der Waals surface area contributed by atoms with Crippen LogP contribution in [0.1, 0.15) is 57.3 Å². The van der Waals surface area contributed by atoms with Gasteiger partial charge in [0.1, 0.15) is 0 Å². The molecule has 1 aromatic rings. The van der Waals surface area contributed by atoms with E-state index in [-0.39, 0.29) is 6.61 Å². The molecule has 0 bridgehead atoms. The molecule has 1 aliphatic rings. The summed E-state index contributed by atoms with van der Waals surface area (Å²) in [6.45, 7) is 7.05. The van der Waals surface area contributed by atoms with Crippen LogP contribution < -0.4 is 0 Å². The molecule has 0 unspecified atom stereocenters. The maximum absolute atomic E-state index is 9.42. The summed E-state index contributed by atoms with van der Waals surface area (Å²) >= 11 is 3.73. The Hall–Kier alpha value is -0.390. The van der Waals surface area contributed by atoms with E-state index < -0.39 is 0 Å². The molecule has 0 aromatic carbocycles. The fourth-order valence-corrected chi connectivity index (χ4v) is 4.02. The molecule has 1 N–H and O–H groups in total. The second-order valence-corrected chi connectivity index (χ2v) is 6.66. The van der Waals surface area contributed by atoms with E-state index >= 15 is 0 Å². The lowest BCUT2D eigenvalue weighted by molar-refractivity contribution is 0.114. The van der Waals surface area contributed by atoms with Crippen LogP contribution in [0.5, 0.6) is 0 Å². The minimum atomic E-state index is 0.231. The Labute approximate surface area is 136 Å². The van der Waals surface area contributed by atoms with Crippen LogP contribution in [0.2, 0.25) is 0 Å². The summed E-state index contributed by atoms with van der Waals surface area (Å²) < 4.78 is 3.27. The summed E-state index contributed by atoms with van der Waals surface area (Å²) in [5.41, 5.74) is 2.40. The number of nitrogens with zero attached hydrogens (tertiary/aromatic N) is 3. The fourth-order valence-electron chi connectivity index (χ4n) is 3.33. The van der Waals surface area contributed by atoms with E-state index in [1.54, 1.807) is 0 Å². The lowest BCUT2D eigenvalue weighted by Crippen LogP contribution is -2.38. The maximum Gasteiger partial charge on any atom is 0.0767 e. The SMILES string of the molecule is CCc1nn(CC)c(CN(CCO)C2CCCCC2)c1Br. The van der Waals surface area contributed by atoms with Gasteiger partial charge in [0, 0.05) is 25.7 Å². The van der Waals surface area contributed by atoms with Crippen molar-refractivity contribution in [1.82, 2.24) is 14.7 Å². The summed E-state index contributed by atoms with van der Waals surface area (Å²) in [7, 11) is 0. The average Bonchev–Trinajstić information content (AvgIpc) is 2.83. The van der Waals surface area contributed by atoms with Gasteiger partial charge in [0.05, 0.1) is 22.5 Å². The van der Waals surface area contributed by atoms with Crippen molar-refractivity contribution in [2.45, 2.75) is 71.5 Å². The summed E-state index contributed by atoms with van der Waals surface area (Å²) in [6.07, 6.45) is 7.48. The molecule has 1 fully saturated rings. The van der Waals surface area contributed by atoms with Crippen molar-refractivity contribution < 1.29 is 5.11 Å². The predicted octanol–water partition coefficient (Wildman–Crippen LogP) is 3.35. The van der Waals surface area contributed by atoms with Gasteiger partial charge in [0.25, 0.3) is 0 Å². The molecule has 0 saturated heterocycles. The molecule has 4 nitrogen and oxygen atoms in total. The Morgan fingerprint density at radius 3 is 2.57 bits per heavy atom. The lowest BCUT2D eigenvalue weighted by atomic mass is 9.94. The largest absolute Gasteiger partial charge is 0.395 e. The first kappa shape index (κ1) is 17.0. The molecule has 21 heavy (non-hydrogen) atoms. The van der Waals surface area contributed by atoms with E-state index in [2.05, 4.69) is 44.5 Å². The van der Waals surface area contributed by atoms with Gasteiger partial charge in [-0.1, -0.05) is 26.2 Å². The van der Waals surface area contributed by atoms with Gasteiger partial charge in [0.2, 0.25) is 0 Å². The summed E-state index contributed by atoms with van der Waals surface area (Å²) in [5, 5.41) is 14.1. The van der Waals surface area contributed by atoms with Gasteiger partial charge in [-0.15, -0.1) is 0 Å². The van der Waals surface area contributed by atoms with E-state index in [4.69, 9.17) is 0 Å². The van der Waals surface area contributed by atoms with Crippen molar-refractivity contribution in [3.8, 4) is 0 Å².